The van der Waals surface area contributed by atoms with Crippen LogP contribution in [0.2, 0.25) is 0 Å². The van der Waals surface area contributed by atoms with Crippen molar-refractivity contribution in [2.45, 2.75) is 49.2 Å². The normalized spacial score (nSPS) is 16.0. The van der Waals surface area contributed by atoms with Gasteiger partial charge in [0.1, 0.15) is 0 Å². The maximum atomic E-state index is 12.6. The van der Waals surface area contributed by atoms with E-state index < -0.39 is 22.4 Å². The molecule has 1 aliphatic rings. The van der Waals surface area contributed by atoms with E-state index in [-0.39, 0.29) is 22.6 Å². The van der Waals surface area contributed by atoms with Gasteiger partial charge in [-0.05, 0) is 25.0 Å². The minimum atomic E-state index is -4.65. The van der Waals surface area contributed by atoms with Crippen molar-refractivity contribution in [2.75, 3.05) is 5.75 Å². The number of alkyl halides is 3. The third kappa shape index (κ3) is 5.12. The Hall–Kier alpha value is -1.77. The second-order valence-electron chi connectivity index (χ2n) is 5.63. The standard InChI is InChI=1S/C15H17F3N2O3S/c16-15(17,18)10-6-7-13(12(8-10)20(22)23)24-9-14(21)19-11-4-2-1-3-5-11/h6-8,11H,1-5,9H2,(H,19,21). The number of thioether (sulfide) groups is 1. The summed E-state index contributed by atoms with van der Waals surface area (Å²) >= 11 is 0.870. The Labute approximate surface area is 141 Å². The predicted molar refractivity (Wildman–Crippen MR) is 83.8 cm³/mol. The van der Waals surface area contributed by atoms with E-state index in [2.05, 4.69) is 5.32 Å². The first-order valence-electron chi connectivity index (χ1n) is 7.55. The molecule has 0 atom stereocenters. The summed E-state index contributed by atoms with van der Waals surface area (Å²) in [5.74, 6) is -0.330. The molecule has 0 heterocycles. The Morgan fingerprint density at radius 1 is 1.29 bits per heavy atom. The fourth-order valence-corrected chi connectivity index (χ4v) is 3.43. The van der Waals surface area contributed by atoms with Crippen LogP contribution < -0.4 is 5.32 Å². The molecule has 5 nitrogen and oxygen atoms in total. The highest BCUT2D eigenvalue weighted by atomic mass is 32.2. The molecule has 132 valence electrons. The topological polar surface area (TPSA) is 72.2 Å². The first-order chi connectivity index (χ1) is 11.3. The molecule has 1 N–H and O–H groups in total. The molecule has 1 fully saturated rings. The molecule has 24 heavy (non-hydrogen) atoms. The Balaban J connectivity index is 2.00. The van der Waals surface area contributed by atoms with Crippen LogP contribution in [0.25, 0.3) is 0 Å². The molecule has 1 saturated carbocycles. The number of benzene rings is 1. The average molecular weight is 362 g/mol. The molecule has 0 aromatic heterocycles. The Morgan fingerprint density at radius 3 is 2.54 bits per heavy atom. The summed E-state index contributed by atoms with van der Waals surface area (Å²) in [5.41, 5.74) is -1.72. The van der Waals surface area contributed by atoms with Gasteiger partial charge in [-0.25, -0.2) is 0 Å². The molecule has 2 rings (SSSR count). The third-order valence-electron chi connectivity index (χ3n) is 3.81. The predicted octanol–water partition coefficient (Wildman–Crippen LogP) is 4.15. The number of hydrogen-bond donors (Lipinski definition) is 1. The SMILES string of the molecule is O=C(CSc1ccc(C(F)(F)F)cc1[N+](=O)[O-])NC1CCCCC1. The first kappa shape index (κ1) is 18.6. The number of hydrogen-bond acceptors (Lipinski definition) is 4. The zero-order valence-corrected chi connectivity index (χ0v) is 13.6. The number of amides is 1. The van der Waals surface area contributed by atoms with E-state index in [0.29, 0.717) is 6.07 Å². The molecule has 0 radical (unpaired) electrons. The van der Waals surface area contributed by atoms with Crippen molar-refractivity contribution in [1.29, 1.82) is 0 Å². The van der Waals surface area contributed by atoms with Crippen LogP contribution in [0.1, 0.15) is 37.7 Å². The van der Waals surface area contributed by atoms with Gasteiger partial charge < -0.3 is 5.32 Å². The van der Waals surface area contributed by atoms with Crippen molar-refractivity contribution in [3.8, 4) is 0 Å². The van der Waals surface area contributed by atoms with Crippen LogP contribution in [0.5, 0.6) is 0 Å². The van der Waals surface area contributed by atoms with Crippen molar-refractivity contribution in [1.82, 2.24) is 5.32 Å². The summed E-state index contributed by atoms with van der Waals surface area (Å²) in [6.45, 7) is 0. The van der Waals surface area contributed by atoms with E-state index in [1.54, 1.807) is 0 Å². The second kappa shape index (κ2) is 7.87. The molecule has 1 amide bonds. The quantitative estimate of drug-likeness (QED) is 0.485. The number of rotatable bonds is 5. The van der Waals surface area contributed by atoms with Gasteiger partial charge in [0, 0.05) is 12.1 Å². The van der Waals surface area contributed by atoms with Gasteiger partial charge in [0.25, 0.3) is 5.69 Å². The van der Waals surface area contributed by atoms with Gasteiger partial charge in [-0.1, -0.05) is 19.3 Å². The summed E-state index contributed by atoms with van der Waals surface area (Å²) in [7, 11) is 0. The van der Waals surface area contributed by atoms with Crippen molar-refractivity contribution < 1.29 is 22.9 Å². The van der Waals surface area contributed by atoms with Gasteiger partial charge in [0.15, 0.2) is 0 Å². The number of nitrogens with one attached hydrogen (secondary N) is 1. The minimum absolute atomic E-state index is 0.0480. The summed E-state index contributed by atoms with van der Waals surface area (Å²) in [6, 6.07) is 2.45. The lowest BCUT2D eigenvalue weighted by Crippen LogP contribution is -2.37. The largest absolute Gasteiger partial charge is 0.416 e. The van der Waals surface area contributed by atoms with Crippen LogP contribution in [-0.4, -0.2) is 22.6 Å². The highest BCUT2D eigenvalue weighted by Crippen LogP contribution is 2.36. The highest BCUT2D eigenvalue weighted by Gasteiger charge is 2.33. The molecular formula is C15H17F3N2O3S. The summed E-state index contributed by atoms with van der Waals surface area (Å²) in [4.78, 5) is 22.1. The first-order valence-corrected chi connectivity index (χ1v) is 8.53. The smallest absolute Gasteiger partial charge is 0.353 e. The zero-order chi connectivity index (χ0) is 17.7. The van der Waals surface area contributed by atoms with E-state index in [1.807, 2.05) is 0 Å². The van der Waals surface area contributed by atoms with Crippen molar-refractivity contribution >= 4 is 23.4 Å². The highest BCUT2D eigenvalue weighted by molar-refractivity contribution is 8.00. The van der Waals surface area contributed by atoms with Crippen molar-refractivity contribution in [2.24, 2.45) is 0 Å². The van der Waals surface area contributed by atoms with Crippen LogP contribution in [0.15, 0.2) is 23.1 Å². The van der Waals surface area contributed by atoms with E-state index in [9.17, 15) is 28.1 Å². The molecule has 1 aromatic carbocycles. The van der Waals surface area contributed by atoms with Gasteiger partial charge in [0.05, 0.1) is 21.1 Å². The fourth-order valence-electron chi connectivity index (χ4n) is 2.62. The van der Waals surface area contributed by atoms with Gasteiger partial charge in [-0.2, -0.15) is 13.2 Å². The van der Waals surface area contributed by atoms with E-state index >= 15 is 0 Å². The molecule has 9 heteroatoms. The number of nitro benzene ring substituents is 1. The van der Waals surface area contributed by atoms with Crippen LogP contribution in [0, 0.1) is 10.1 Å². The molecule has 0 unspecified atom stereocenters. The molecule has 1 aliphatic carbocycles. The lowest BCUT2D eigenvalue weighted by molar-refractivity contribution is -0.388. The van der Waals surface area contributed by atoms with E-state index in [4.69, 9.17) is 0 Å². The van der Waals surface area contributed by atoms with E-state index in [0.717, 1.165) is 56.0 Å². The molecular weight excluding hydrogens is 345 g/mol. The van der Waals surface area contributed by atoms with Gasteiger partial charge >= 0.3 is 6.18 Å². The van der Waals surface area contributed by atoms with E-state index in [1.165, 1.54) is 0 Å². The molecule has 1 aromatic rings. The monoisotopic (exact) mass is 362 g/mol. The van der Waals surface area contributed by atoms with Crippen LogP contribution in [-0.2, 0) is 11.0 Å². The zero-order valence-electron chi connectivity index (χ0n) is 12.8. The maximum Gasteiger partial charge on any atom is 0.416 e. The molecule has 0 saturated heterocycles. The van der Waals surface area contributed by atoms with Crippen LogP contribution in [0.4, 0.5) is 18.9 Å². The van der Waals surface area contributed by atoms with Crippen molar-refractivity contribution in [3.63, 3.8) is 0 Å². The third-order valence-corrected chi connectivity index (χ3v) is 4.87. The second-order valence-corrected chi connectivity index (χ2v) is 6.65. The van der Waals surface area contributed by atoms with Crippen molar-refractivity contribution in [3.05, 3.63) is 33.9 Å². The summed E-state index contributed by atoms with van der Waals surface area (Å²) in [6.07, 6.45) is 0.448. The number of nitro groups is 1. The summed E-state index contributed by atoms with van der Waals surface area (Å²) in [5, 5.41) is 13.9. The Bertz CT molecular complexity index is 616. The number of carbonyl (C=O) groups excluding carboxylic acids is 1. The van der Waals surface area contributed by atoms with Crippen LogP contribution in [0.3, 0.4) is 0 Å². The maximum absolute atomic E-state index is 12.6. The number of nitrogens with zero attached hydrogens (tertiary/aromatic N) is 1. The van der Waals surface area contributed by atoms with Gasteiger partial charge in [0.2, 0.25) is 5.91 Å². The number of carbonyl (C=O) groups is 1. The minimum Gasteiger partial charge on any atom is -0.353 e. The average Bonchev–Trinajstić information content (AvgIpc) is 2.52. The van der Waals surface area contributed by atoms with Crippen LogP contribution >= 0.6 is 11.8 Å². The Morgan fingerprint density at radius 2 is 1.96 bits per heavy atom. The summed E-state index contributed by atoms with van der Waals surface area (Å²) < 4.78 is 37.9. The fraction of sp³-hybridized carbons (Fsp3) is 0.533. The Kier molecular flexibility index (Phi) is 6.09. The number of halogens is 3. The molecule has 0 aliphatic heterocycles. The molecule has 0 spiro atoms. The lowest BCUT2D eigenvalue weighted by Gasteiger charge is -2.22. The lowest BCUT2D eigenvalue weighted by atomic mass is 9.95. The van der Waals surface area contributed by atoms with Gasteiger partial charge in [-0.15, -0.1) is 11.8 Å². The van der Waals surface area contributed by atoms with Gasteiger partial charge in [-0.3, -0.25) is 14.9 Å². The molecule has 0 bridgehead atoms.